The summed E-state index contributed by atoms with van der Waals surface area (Å²) in [7, 11) is -3.75. The van der Waals surface area contributed by atoms with E-state index >= 15 is 0 Å². The van der Waals surface area contributed by atoms with Crippen molar-refractivity contribution in [3.05, 3.63) is 52.1 Å². The van der Waals surface area contributed by atoms with Crippen molar-refractivity contribution in [3.8, 4) is 0 Å². The molecule has 0 bridgehead atoms. The maximum atomic E-state index is 12.5. The summed E-state index contributed by atoms with van der Waals surface area (Å²) in [5.74, 6) is -0.963. The molecule has 0 aliphatic heterocycles. The monoisotopic (exact) mass is 434 g/mol. The predicted molar refractivity (Wildman–Crippen MR) is 108 cm³/mol. The minimum Gasteiger partial charge on any atom is -0.326 e. The topological polar surface area (TPSA) is 148 Å². The first-order valence-corrected chi connectivity index (χ1v) is 10.7. The van der Waals surface area contributed by atoms with Crippen molar-refractivity contribution in [2.24, 2.45) is 0 Å². The highest BCUT2D eigenvalue weighted by molar-refractivity contribution is 7.90. The van der Waals surface area contributed by atoms with Gasteiger partial charge in [-0.2, -0.15) is 0 Å². The molecule has 0 unspecified atom stereocenters. The molecule has 3 aromatic rings. The molecule has 0 aliphatic rings. The molecule has 2 amide bonds. The molecule has 29 heavy (non-hydrogen) atoms. The number of benzene rings is 2. The third kappa shape index (κ3) is 4.73. The van der Waals surface area contributed by atoms with Crippen LogP contribution in [0.3, 0.4) is 0 Å². The lowest BCUT2D eigenvalue weighted by molar-refractivity contribution is -0.385. The number of fused-ring (bicyclic) bond motifs is 1. The number of nitrogens with one attached hydrogen (secondary N) is 2. The molecule has 2 N–H and O–H groups in total. The molecule has 3 rings (SSSR count). The molecule has 1 aromatic heterocycles. The second-order valence-electron chi connectivity index (χ2n) is 6.08. The van der Waals surface area contributed by atoms with E-state index in [0.717, 1.165) is 35.8 Å². The Morgan fingerprint density at radius 2 is 1.86 bits per heavy atom. The summed E-state index contributed by atoms with van der Waals surface area (Å²) in [5.41, 5.74) is 0.457. The van der Waals surface area contributed by atoms with E-state index in [1.54, 1.807) is 18.2 Å². The van der Waals surface area contributed by atoms with Gasteiger partial charge in [0.2, 0.25) is 5.91 Å². The third-order valence-electron chi connectivity index (χ3n) is 3.72. The molecule has 0 saturated heterocycles. The highest BCUT2D eigenvalue weighted by Gasteiger charge is 2.20. The van der Waals surface area contributed by atoms with Gasteiger partial charge in [-0.05, 0) is 24.3 Å². The maximum Gasteiger partial charge on any atom is 0.271 e. The molecule has 0 spiro atoms. The van der Waals surface area contributed by atoms with Crippen molar-refractivity contribution < 1.29 is 22.9 Å². The first-order valence-electron chi connectivity index (χ1n) is 8.02. The van der Waals surface area contributed by atoms with Crippen LogP contribution in [-0.4, -0.2) is 36.4 Å². The van der Waals surface area contributed by atoms with E-state index in [1.807, 2.05) is 0 Å². The number of nitrogens with zero attached hydrogens (tertiary/aromatic N) is 2. The molecule has 0 fully saturated rings. The van der Waals surface area contributed by atoms with E-state index in [0.29, 0.717) is 15.9 Å². The first-order chi connectivity index (χ1) is 13.5. The summed E-state index contributed by atoms with van der Waals surface area (Å²) in [6.45, 7) is 1.38. The molecule has 2 aromatic carbocycles. The van der Waals surface area contributed by atoms with E-state index in [-0.39, 0.29) is 21.5 Å². The lowest BCUT2D eigenvalue weighted by atomic mass is 10.2. The fraction of sp³-hybridized carbons (Fsp3) is 0.118. The van der Waals surface area contributed by atoms with Gasteiger partial charge in [0.1, 0.15) is 0 Å². The van der Waals surface area contributed by atoms with Gasteiger partial charge in [0, 0.05) is 36.6 Å². The van der Waals surface area contributed by atoms with Crippen molar-refractivity contribution in [1.82, 2.24) is 4.98 Å². The minimum atomic E-state index is -3.75. The van der Waals surface area contributed by atoms with Crippen LogP contribution in [0.2, 0.25) is 0 Å². The first kappa shape index (κ1) is 20.4. The number of hydrogen-bond donors (Lipinski definition) is 2. The van der Waals surface area contributed by atoms with Gasteiger partial charge in [0.15, 0.2) is 15.0 Å². The van der Waals surface area contributed by atoms with Crippen LogP contribution in [0.25, 0.3) is 10.2 Å². The van der Waals surface area contributed by atoms with E-state index < -0.39 is 26.4 Å². The van der Waals surface area contributed by atoms with Crippen LogP contribution in [0, 0.1) is 10.1 Å². The lowest BCUT2D eigenvalue weighted by Gasteiger charge is -2.05. The number of nitro benzene ring substituents is 1. The highest BCUT2D eigenvalue weighted by Crippen LogP contribution is 2.29. The summed E-state index contributed by atoms with van der Waals surface area (Å²) in [6.07, 6.45) is 0.897. The minimum absolute atomic E-state index is 0.183. The molecule has 10 nitrogen and oxygen atoms in total. The van der Waals surface area contributed by atoms with Gasteiger partial charge in [0.05, 0.1) is 20.0 Å². The number of carbonyl (C=O) groups is 2. The van der Waals surface area contributed by atoms with Crippen LogP contribution < -0.4 is 10.6 Å². The molecule has 0 radical (unpaired) electrons. The number of anilines is 2. The maximum absolute atomic E-state index is 12.5. The van der Waals surface area contributed by atoms with Gasteiger partial charge in [-0.3, -0.25) is 25.0 Å². The van der Waals surface area contributed by atoms with Gasteiger partial charge in [-0.15, -0.1) is 0 Å². The number of amides is 2. The average Bonchev–Trinajstić information content (AvgIpc) is 3.01. The van der Waals surface area contributed by atoms with E-state index in [1.165, 1.54) is 6.92 Å². The normalized spacial score (nSPS) is 11.2. The van der Waals surface area contributed by atoms with Crippen LogP contribution in [-0.2, 0) is 14.6 Å². The van der Waals surface area contributed by atoms with Gasteiger partial charge in [-0.1, -0.05) is 11.3 Å². The zero-order chi connectivity index (χ0) is 21.3. The van der Waals surface area contributed by atoms with Crippen molar-refractivity contribution >= 4 is 59.7 Å². The Labute approximate surface area is 168 Å². The Morgan fingerprint density at radius 3 is 2.48 bits per heavy atom. The Bertz CT molecular complexity index is 1270. The van der Waals surface area contributed by atoms with Gasteiger partial charge < -0.3 is 5.32 Å². The summed E-state index contributed by atoms with van der Waals surface area (Å²) in [4.78, 5) is 37.9. The zero-order valence-electron chi connectivity index (χ0n) is 15.1. The van der Waals surface area contributed by atoms with Crippen LogP contribution in [0.5, 0.6) is 0 Å². The lowest BCUT2D eigenvalue weighted by Crippen LogP contribution is -2.13. The fourth-order valence-corrected chi connectivity index (χ4v) is 4.04. The third-order valence-corrected chi connectivity index (χ3v) is 5.75. The Kier molecular flexibility index (Phi) is 5.31. The zero-order valence-corrected chi connectivity index (χ0v) is 16.8. The van der Waals surface area contributed by atoms with Gasteiger partial charge in [-0.25, -0.2) is 13.4 Å². The molecule has 1 heterocycles. The van der Waals surface area contributed by atoms with Gasteiger partial charge in [0.25, 0.3) is 11.6 Å². The number of sulfone groups is 1. The van der Waals surface area contributed by atoms with Crippen LogP contribution in [0.4, 0.5) is 16.5 Å². The van der Waals surface area contributed by atoms with E-state index in [4.69, 9.17) is 0 Å². The average molecular weight is 434 g/mol. The molecule has 12 heteroatoms. The van der Waals surface area contributed by atoms with Crippen LogP contribution in [0.1, 0.15) is 17.3 Å². The SMILES string of the molecule is CC(=O)Nc1ccc2nc(NC(=O)c3cc([N+](=O)[O-])cc(S(C)(=O)=O)c3)sc2c1. The second-order valence-corrected chi connectivity index (χ2v) is 9.13. The van der Waals surface area contributed by atoms with E-state index in [9.17, 15) is 28.1 Å². The summed E-state index contributed by atoms with van der Waals surface area (Å²) in [5, 5.41) is 16.5. The largest absolute Gasteiger partial charge is 0.326 e. The van der Waals surface area contributed by atoms with Crippen LogP contribution in [0.15, 0.2) is 41.3 Å². The Morgan fingerprint density at radius 1 is 1.14 bits per heavy atom. The van der Waals surface area contributed by atoms with Crippen molar-refractivity contribution in [1.29, 1.82) is 0 Å². The molecular weight excluding hydrogens is 420 g/mol. The van der Waals surface area contributed by atoms with E-state index in [2.05, 4.69) is 15.6 Å². The fourth-order valence-electron chi connectivity index (χ4n) is 2.46. The number of carbonyl (C=O) groups excluding carboxylic acids is 2. The predicted octanol–water partition coefficient (Wildman–Crippen LogP) is 2.82. The number of nitro groups is 1. The Hall–Kier alpha value is -3.38. The summed E-state index contributed by atoms with van der Waals surface area (Å²) in [6, 6.07) is 7.98. The Balaban J connectivity index is 1.92. The standard InChI is InChI=1S/C17H14N4O6S2/c1-9(22)18-11-3-4-14-15(7-11)28-17(19-14)20-16(23)10-5-12(21(24)25)8-13(6-10)29(2,26)27/h3-8H,1-2H3,(H,18,22)(H,19,20,23). The quantitative estimate of drug-likeness (QED) is 0.463. The molecule has 0 aliphatic carbocycles. The molecular formula is C17H14N4O6S2. The number of aromatic nitrogens is 1. The number of hydrogen-bond acceptors (Lipinski definition) is 8. The van der Waals surface area contributed by atoms with Crippen molar-refractivity contribution in [2.45, 2.75) is 11.8 Å². The number of thiazole rings is 1. The molecule has 0 atom stereocenters. The molecule has 0 saturated carbocycles. The highest BCUT2D eigenvalue weighted by atomic mass is 32.2. The van der Waals surface area contributed by atoms with Crippen LogP contribution >= 0.6 is 11.3 Å². The summed E-state index contributed by atoms with van der Waals surface area (Å²) < 4.78 is 24.2. The van der Waals surface area contributed by atoms with Crippen molar-refractivity contribution in [2.75, 3.05) is 16.9 Å². The van der Waals surface area contributed by atoms with Gasteiger partial charge >= 0.3 is 0 Å². The smallest absolute Gasteiger partial charge is 0.271 e. The number of rotatable bonds is 5. The number of non-ortho nitro benzene ring substituents is 1. The van der Waals surface area contributed by atoms with Crippen molar-refractivity contribution in [3.63, 3.8) is 0 Å². The second kappa shape index (κ2) is 7.56. The summed E-state index contributed by atoms with van der Waals surface area (Å²) >= 11 is 1.14. The molecule has 150 valence electrons.